The minimum absolute atomic E-state index is 0.0346. The summed E-state index contributed by atoms with van der Waals surface area (Å²) in [5, 5.41) is 5.66. The quantitative estimate of drug-likeness (QED) is 0.183. The van der Waals surface area contributed by atoms with Crippen LogP contribution in [0, 0.1) is 30.4 Å². The van der Waals surface area contributed by atoms with Crippen LogP contribution in [0.5, 0.6) is 0 Å². The number of imidazole rings is 1. The first-order valence-electron chi connectivity index (χ1n) is 19.2. The summed E-state index contributed by atoms with van der Waals surface area (Å²) in [6, 6.07) is 5.04. The number of carbonyl (C=O) groups is 2. The Kier molecular flexibility index (Phi) is 7.81. The van der Waals surface area contributed by atoms with Gasteiger partial charge in [0.1, 0.15) is 12.2 Å². The van der Waals surface area contributed by atoms with Crippen LogP contribution in [0.15, 0.2) is 30.7 Å². The fourth-order valence-corrected chi connectivity index (χ4v) is 9.21. The van der Waals surface area contributed by atoms with E-state index in [1.165, 1.54) is 25.8 Å². The number of benzene rings is 1. The monoisotopic (exact) mass is 740 g/mol. The smallest absolute Gasteiger partial charge is 0.252 e. The van der Waals surface area contributed by atoms with Gasteiger partial charge >= 0.3 is 0 Å². The Labute approximate surface area is 312 Å². The minimum atomic E-state index is -1.18. The standard InChI is InChI=1S/C41H47F3N8O2/c1-21(2)51-20-46-30-14-28(47-36(34(30)51)48-29-13-27(22(3)32(43)33(29)44)37(53)49-41(19-42)8-9-41)24-12-31-35(45-17-24)39(4,5)38(54)52(31)26-15-40(6,16-26)50-10-7-23-11-25(23)18-50/h12-14,17,20-21,23,25-26H,7-11,15-16,18-19H2,1-6H3,(H,47,48)(H,49,53). The molecule has 5 aliphatic rings. The molecule has 4 fully saturated rings. The molecular formula is C41H47F3N8O2. The molecular weight excluding hydrogens is 693 g/mol. The average Bonchev–Trinajstić information content (AvgIpc) is 4.04. The van der Waals surface area contributed by atoms with Gasteiger partial charge < -0.3 is 20.1 Å². The summed E-state index contributed by atoms with van der Waals surface area (Å²) in [5.74, 6) is -1.05. The van der Waals surface area contributed by atoms with E-state index in [2.05, 4.69) is 27.4 Å². The van der Waals surface area contributed by atoms with E-state index in [1.807, 2.05) is 49.3 Å². The highest BCUT2D eigenvalue weighted by Gasteiger charge is 2.56. The summed E-state index contributed by atoms with van der Waals surface area (Å²) < 4.78 is 46.7. The first kappa shape index (κ1) is 35.2. The van der Waals surface area contributed by atoms with Crippen LogP contribution in [0.25, 0.3) is 22.3 Å². The highest BCUT2D eigenvalue weighted by atomic mass is 19.2. The molecule has 5 heterocycles. The number of nitrogens with zero attached hydrogens (tertiary/aromatic N) is 6. The molecule has 4 aromatic rings. The van der Waals surface area contributed by atoms with Crippen LogP contribution in [-0.4, -0.2) is 73.1 Å². The van der Waals surface area contributed by atoms with E-state index in [0.29, 0.717) is 35.1 Å². The van der Waals surface area contributed by atoms with E-state index in [-0.39, 0.29) is 46.2 Å². The summed E-state index contributed by atoms with van der Waals surface area (Å²) >= 11 is 0. The zero-order valence-corrected chi connectivity index (χ0v) is 31.7. The summed E-state index contributed by atoms with van der Waals surface area (Å²) in [6.45, 7) is 13.0. The molecule has 2 atom stereocenters. The number of amides is 2. The lowest BCUT2D eigenvalue weighted by atomic mass is 9.71. The first-order valence-corrected chi connectivity index (χ1v) is 19.2. The topological polar surface area (TPSA) is 108 Å². The van der Waals surface area contributed by atoms with Crippen molar-refractivity contribution in [3.63, 3.8) is 0 Å². The second-order valence-electron chi connectivity index (χ2n) is 17.6. The fraction of sp³-hybridized carbons (Fsp3) is 0.537. The van der Waals surface area contributed by atoms with E-state index in [4.69, 9.17) is 9.97 Å². The number of likely N-dealkylation sites (tertiary alicyclic amines) is 1. The minimum Gasteiger partial charge on any atom is -0.344 e. The zero-order valence-electron chi connectivity index (χ0n) is 31.7. The fourth-order valence-electron chi connectivity index (χ4n) is 9.21. The van der Waals surface area contributed by atoms with E-state index < -0.39 is 35.2 Å². The number of rotatable bonds is 9. The first-order chi connectivity index (χ1) is 25.6. The number of fused-ring (bicyclic) bond motifs is 3. The van der Waals surface area contributed by atoms with Crippen LogP contribution in [0.2, 0.25) is 0 Å². The molecule has 13 heteroatoms. The molecule has 0 bridgehead atoms. The van der Waals surface area contributed by atoms with Gasteiger partial charge in [0.15, 0.2) is 17.5 Å². The Morgan fingerprint density at radius 2 is 1.81 bits per heavy atom. The maximum atomic E-state index is 15.7. The summed E-state index contributed by atoms with van der Waals surface area (Å²) in [4.78, 5) is 46.4. The molecule has 0 spiro atoms. The summed E-state index contributed by atoms with van der Waals surface area (Å²) in [5.41, 5.74) is 1.47. The van der Waals surface area contributed by atoms with E-state index in [0.717, 1.165) is 49.1 Å². The van der Waals surface area contributed by atoms with Crippen LogP contribution in [0.3, 0.4) is 0 Å². The van der Waals surface area contributed by atoms with Gasteiger partial charge in [-0.05, 0) is 117 Å². The number of anilines is 3. The third-order valence-electron chi connectivity index (χ3n) is 13.1. The Balaban J connectivity index is 1.08. The van der Waals surface area contributed by atoms with Crippen LogP contribution >= 0.6 is 0 Å². The van der Waals surface area contributed by atoms with Crippen molar-refractivity contribution < 1.29 is 22.8 Å². The van der Waals surface area contributed by atoms with Crippen LogP contribution in [0.1, 0.15) is 101 Å². The molecule has 1 saturated heterocycles. The van der Waals surface area contributed by atoms with Crippen molar-refractivity contribution in [1.82, 2.24) is 29.7 Å². The number of piperidine rings is 1. The molecule has 2 N–H and O–H groups in total. The third-order valence-corrected chi connectivity index (χ3v) is 13.1. The average molecular weight is 741 g/mol. The predicted molar refractivity (Wildman–Crippen MR) is 201 cm³/mol. The van der Waals surface area contributed by atoms with E-state index in [9.17, 15) is 14.0 Å². The highest BCUT2D eigenvalue weighted by Crippen LogP contribution is 2.53. The van der Waals surface area contributed by atoms with Crippen LogP contribution in [-0.2, 0) is 10.2 Å². The SMILES string of the molecule is Cc1c(C(=O)NC2(CF)CC2)cc(Nc2nc(-c3cnc4c(c3)N(C3CC(C)(N5CCC6CC6C5)C3)C(=O)C4(C)C)cc3ncn(C(C)C)c23)c(F)c1F. The van der Waals surface area contributed by atoms with Gasteiger partial charge in [-0.3, -0.25) is 19.5 Å². The predicted octanol–water partition coefficient (Wildman–Crippen LogP) is 7.52. The normalized spacial score (nSPS) is 26.4. The summed E-state index contributed by atoms with van der Waals surface area (Å²) in [6.07, 6.45) is 8.75. The van der Waals surface area contributed by atoms with Crippen molar-refractivity contribution in [3.05, 3.63) is 59.2 Å². The Morgan fingerprint density at radius 1 is 1.06 bits per heavy atom. The van der Waals surface area contributed by atoms with Gasteiger partial charge in [-0.2, -0.15) is 0 Å². The van der Waals surface area contributed by atoms with Gasteiger partial charge in [-0.25, -0.2) is 23.1 Å². The van der Waals surface area contributed by atoms with Crippen LogP contribution < -0.4 is 15.5 Å². The highest BCUT2D eigenvalue weighted by molar-refractivity contribution is 6.08. The number of hydrogen-bond donors (Lipinski definition) is 2. The Morgan fingerprint density at radius 3 is 2.50 bits per heavy atom. The van der Waals surface area contributed by atoms with Gasteiger partial charge in [0.2, 0.25) is 5.91 Å². The maximum Gasteiger partial charge on any atom is 0.252 e. The second-order valence-corrected chi connectivity index (χ2v) is 17.6. The lowest BCUT2D eigenvalue weighted by molar-refractivity contribution is -0.124. The lowest BCUT2D eigenvalue weighted by Gasteiger charge is -2.55. The molecule has 3 saturated carbocycles. The van der Waals surface area contributed by atoms with Gasteiger partial charge in [0, 0.05) is 47.1 Å². The largest absolute Gasteiger partial charge is 0.344 e. The number of alkyl halides is 1. The van der Waals surface area contributed by atoms with Crippen molar-refractivity contribution in [3.8, 4) is 11.3 Å². The number of carbonyl (C=O) groups excluding carboxylic acids is 2. The summed E-state index contributed by atoms with van der Waals surface area (Å²) in [7, 11) is 0. The number of nitrogens with one attached hydrogen (secondary N) is 2. The molecule has 2 unspecified atom stereocenters. The molecule has 284 valence electrons. The van der Waals surface area contributed by atoms with Crippen molar-refractivity contribution in [2.24, 2.45) is 11.8 Å². The maximum absolute atomic E-state index is 15.7. The zero-order chi connectivity index (χ0) is 38.1. The number of aromatic nitrogens is 4. The number of hydrogen-bond acceptors (Lipinski definition) is 7. The Hall–Kier alpha value is -4.52. The van der Waals surface area contributed by atoms with Gasteiger partial charge in [-0.15, -0.1) is 0 Å². The van der Waals surface area contributed by atoms with Gasteiger partial charge in [0.05, 0.1) is 45.6 Å². The number of pyridine rings is 2. The molecule has 54 heavy (non-hydrogen) atoms. The molecule has 0 radical (unpaired) electrons. The molecule has 9 rings (SSSR count). The Bertz CT molecular complexity index is 2240. The molecule has 3 aliphatic carbocycles. The van der Waals surface area contributed by atoms with Crippen molar-refractivity contribution in [2.45, 2.75) is 109 Å². The molecule has 3 aromatic heterocycles. The number of halogens is 3. The van der Waals surface area contributed by atoms with Gasteiger partial charge in [-0.1, -0.05) is 0 Å². The third kappa shape index (κ3) is 5.43. The lowest BCUT2D eigenvalue weighted by Crippen LogP contribution is -2.64. The van der Waals surface area contributed by atoms with E-state index >= 15 is 8.78 Å². The van der Waals surface area contributed by atoms with Crippen molar-refractivity contribution >= 4 is 40.0 Å². The van der Waals surface area contributed by atoms with Crippen LogP contribution in [0.4, 0.5) is 30.4 Å². The molecule has 1 aromatic carbocycles. The van der Waals surface area contributed by atoms with E-state index in [1.54, 1.807) is 12.5 Å². The van der Waals surface area contributed by atoms with Gasteiger partial charge in [0.25, 0.3) is 5.91 Å². The molecule has 2 aliphatic heterocycles. The van der Waals surface area contributed by atoms with Crippen molar-refractivity contribution in [2.75, 3.05) is 30.0 Å². The molecule has 2 amide bonds. The van der Waals surface area contributed by atoms with Crippen molar-refractivity contribution in [1.29, 1.82) is 0 Å². The second kappa shape index (κ2) is 12.0. The molecule has 10 nitrogen and oxygen atoms in total.